The molecular weight excluding hydrogens is 260 g/mol. The van der Waals surface area contributed by atoms with E-state index in [1.165, 1.54) is 25.7 Å². The van der Waals surface area contributed by atoms with Crippen LogP contribution in [0, 0.1) is 5.41 Å². The lowest BCUT2D eigenvalue weighted by molar-refractivity contribution is 0.0709. The number of methoxy groups -OCH3 is 1. The molecule has 0 aliphatic carbocycles. The van der Waals surface area contributed by atoms with E-state index in [-0.39, 0.29) is 0 Å². The van der Waals surface area contributed by atoms with Gasteiger partial charge in [0.15, 0.2) is 0 Å². The van der Waals surface area contributed by atoms with Crippen LogP contribution in [0.2, 0.25) is 0 Å². The molecule has 0 aromatic heterocycles. The fraction of sp³-hybridized carbons (Fsp3) is 1.00. The number of hydrogen-bond acceptors (Lipinski definition) is 3. The van der Waals surface area contributed by atoms with Gasteiger partial charge in [-0.25, -0.2) is 0 Å². The van der Waals surface area contributed by atoms with Crippen LogP contribution in [0.25, 0.3) is 0 Å². The molecule has 1 unspecified atom stereocenters. The van der Waals surface area contributed by atoms with Gasteiger partial charge in [0.1, 0.15) is 0 Å². The average molecular weight is 301 g/mol. The van der Waals surface area contributed by atoms with Crippen LogP contribution in [0.4, 0.5) is 0 Å². The molecule has 0 fully saturated rings. The zero-order valence-corrected chi connectivity index (χ0v) is 15.7. The molecule has 1 N–H and O–H groups in total. The molecule has 21 heavy (non-hydrogen) atoms. The van der Waals surface area contributed by atoms with Crippen LogP contribution in [-0.2, 0) is 4.74 Å². The maximum Gasteiger partial charge on any atom is 0.0589 e. The largest absolute Gasteiger partial charge is 0.383 e. The van der Waals surface area contributed by atoms with Crippen LogP contribution in [-0.4, -0.2) is 50.3 Å². The third-order valence-electron chi connectivity index (χ3n) is 4.42. The maximum absolute atomic E-state index is 5.33. The molecule has 0 saturated heterocycles. The zero-order chi connectivity index (χ0) is 16.3. The van der Waals surface area contributed by atoms with Gasteiger partial charge >= 0.3 is 0 Å². The molecule has 0 amide bonds. The Bertz CT molecular complexity index is 241. The summed E-state index contributed by atoms with van der Waals surface area (Å²) >= 11 is 0. The van der Waals surface area contributed by atoms with Gasteiger partial charge in [-0.1, -0.05) is 48.0 Å². The summed E-state index contributed by atoms with van der Waals surface area (Å²) in [4.78, 5) is 2.65. The summed E-state index contributed by atoms with van der Waals surface area (Å²) in [6, 6.07) is 1.23. The minimum Gasteiger partial charge on any atom is -0.383 e. The topological polar surface area (TPSA) is 24.5 Å². The SMILES string of the molecule is CCCC(C)(CNC(C)C)CN(CCOC)C(CC)CC. The Morgan fingerprint density at radius 1 is 1.14 bits per heavy atom. The van der Waals surface area contributed by atoms with Gasteiger partial charge in [0.05, 0.1) is 6.61 Å². The Balaban J connectivity index is 4.82. The highest BCUT2D eigenvalue weighted by Crippen LogP contribution is 2.26. The van der Waals surface area contributed by atoms with E-state index in [0.29, 0.717) is 17.5 Å². The molecule has 0 spiro atoms. The first-order chi connectivity index (χ1) is 9.92. The van der Waals surface area contributed by atoms with E-state index in [1.807, 2.05) is 0 Å². The Morgan fingerprint density at radius 2 is 1.76 bits per heavy atom. The number of nitrogens with one attached hydrogen (secondary N) is 1. The van der Waals surface area contributed by atoms with Crippen molar-refractivity contribution in [3.05, 3.63) is 0 Å². The lowest BCUT2D eigenvalue weighted by Crippen LogP contribution is -2.48. The Kier molecular flexibility index (Phi) is 11.4. The second-order valence-corrected chi connectivity index (χ2v) is 7.03. The molecule has 0 aliphatic heterocycles. The highest BCUT2D eigenvalue weighted by molar-refractivity contribution is 4.84. The first-order valence-electron chi connectivity index (χ1n) is 8.88. The van der Waals surface area contributed by atoms with Gasteiger partial charge < -0.3 is 10.1 Å². The Hall–Kier alpha value is -0.120. The molecule has 0 radical (unpaired) electrons. The van der Waals surface area contributed by atoms with Crippen molar-refractivity contribution in [2.45, 2.75) is 79.3 Å². The lowest BCUT2D eigenvalue weighted by atomic mass is 9.84. The standard InChI is InChI=1S/C18H40N2O/c1-8-11-18(6,14-19-16(4)5)15-20(12-13-21-7)17(9-2)10-3/h16-17,19H,8-15H2,1-7H3. The first kappa shape index (κ1) is 20.9. The number of nitrogens with zero attached hydrogens (tertiary/aromatic N) is 1. The van der Waals surface area contributed by atoms with Crippen LogP contribution < -0.4 is 5.32 Å². The Labute approximate surface area is 133 Å². The summed E-state index contributed by atoms with van der Waals surface area (Å²) in [7, 11) is 1.80. The molecule has 3 nitrogen and oxygen atoms in total. The van der Waals surface area contributed by atoms with E-state index in [2.05, 4.69) is 51.8 Å². The number of hydrogen-bond donors (Lipinski definition) is 1. The number of ether oxygens (including phenoxy) is 1. The van der Waals surface area contributed by atoms with E-state index >= 15 is 0 Å². The van der Waals surface area contributed by atoms with Gasteiger partial charge in [-0.05, 0) is 24.7 Å². The summed E-state index contributed by atoms with van der Waals surface area (Å²) in [6.45, 7) is 17.9. The smallest absolute Gasteiger partial charge is 0.0589 e. The zero-order valence-electron chi connectivity index (χ0n) is 15.7. The molecule has 3 heteroatoms. The summed E-state index contributed by atoms with van der Waals surface area (Å²) in [6.07, 6.45) is 4.97. The predicted octanol–water partition coefficient (Wildman–Crippen LogP) is 3.93. The van der Waals surface area contributed by atoms with E-state index in [0.717, 1.165) is 26.2 Å². The van der Waals surface area contributed by atoms with E-state index in [1.54, 1.807) is 7.11 Å². The molecule has 0 saturated carbocycles. The van der Waals surface area contributed by atoms with Crippen molar-refractivity contribution < 1.29 is 4.74 Å². The van der Waals surface area contributed by atoms with Crippen molar-refractivity contribution in [1.29, 1.82) is 0 Å². The van der Waals surface area contributed by atoms with Gasteiger partial charge in [0, 0.05) is 38.8 Å². The molecule has 0 aliphatic rings. The monoisotopic (exact) mass is 300 g/mol. The van der Waals surface area contributed by atoms with Crippen molar-refractivity contribution in [2.75, 3.05) is 33.4 Å². The van der Waals surface area contributed by atoms with Crippen molar-refractivity contribution in [2.24, 2.45) is 5.41 Å². The molecule has 0 rings (SSSR count). The fourth-order valence-corrected chi connectivity index (χ4v) is 3.17. The van der Waals surface area contributed by atoms with Crippen LogP contribution in [0.1, 0.15) is 67.2 Å². The molecule has 0 heterocycles. The quantitative estimate of drug-likeness (QED) is 0.558. The van der Waals surface area contributed by atoms with Crippen molar-refractivity contribution >= 4 is 0 Å². The summed E-state index contributed by atoms with van der Waals surface area (Å²) in [5.41, 5.74) is 0.343. The van der Waals surface area contributed by atoms with Crippen LogP contribution in [0.5, 0.6) is 0 Å². The van der Waals surface area contributed by atoms with Crippen molar-refractivity contribution in [3.8, 4) is 0 Å². The molecule has 0 aromatic carbocycles. The van der Waals surface area contributed by atoms with Crippen molar-refractivity contribution in [1.82, 2.24) is 10.2 Å². The normalized spacial score (nSPS) is 15.1. The minimum atomic E-state index is 0.343. The molecule has 128 valence electrons. The minimum absolute atomic E-state index is 0.343. The molecule has 1 atom stereocenters. The average Bonchev–Trinajstić information content (AvgIpc) is 2.44. The second kappa shape index (κ2) is 11.4. The van der Waals surface area contributed by atoms with Crippen LogP contribution in [0.15, 0.2) is 0 Å². The van der Waals surface area contributed by atoms with Crippen LogP contribution >= 0.6 is 0 Å². The van der Waals surface area contributed by atoms with E-state index < -0.39 is 0 Å². The van der Waals surface area contributed by atoms with Gasteiger partial charge in [0.2, 0.25) is 0 Å². The van der Waals surface area contributed by atoms with Crippen molar-refractivity contribution in [3.63, 3.8) is 0 Å². The van der Waals surface area contributed by atoms with Gasteiger partial charge in [0.25, 0.3) is 0 Å². The summed E-state index contributed by atoms with van der Waals surface area (Å²) < 4.78 is 5.33. The summed E-state index contributed by atoms with van der Waals surface area (Å²) in [5, 5.41) is 3.65. The predicted molar refractivity (Wildman–Crippen MR) is 94.0 cm³/mol. The van der Waals surface area contributed by atoms with Gasteiger partial charge in [-0.3, -0.25) is 4.90 Å². The second-order valence-electron chi connectivity index (χ2n) is 7.03. The van der Waals surface area contributed by atoms with Gasteiger partial charge in [-0.2, -0.15) is 0 Å². The maximum atomic E-state index is 5.33. The number of rotatable bonds is 13. The van der Waals surface area contributed by atoms with Gasteiger partial charge in [-0.15, -0.1) is 0 Å². The fourth-order valence-electron chi connectivity index (χ4n) is 3.17. The highest BCUT2D eigenvalue weighted by atomic mass is 16.5. The third-order valence-corrected chi connectivity index (χ3v) is 4.42. The molecule has 0 aromatic rings. The Morgan fingerprint density at radius 3 is 2.19 bits per heavy atom. The molecular formula is C18H40N2O. The van der Waals surface area contributed by atoms with E-state index in [4.69, 9.17) is 4.74 Å². The summed E-state index contributed by atoms with van der Waals surface area (Å²) in [5.74, 6) is 0. The molecule has 0 bridgehead atoms. The van der Waals surface area contributed by atoms with Crippen LogP contribution in [0.3, 0.4) is 0 Å². The third kappa shape index (κ3) is 8.80. The van der Waals surface area contributed by atoms with E-state index in [9.17, 15) is 0 Å². The first-order valence-corrected chi connectivity index (χ1v) is 8.88. The lowest BCUT2D eigenvalue weighted by Gasteiger charge is -2.40. The highest BCUT2D eigenvalue weighted by Gasteiger charge is 2.28.